The topological polar surface area (TPSA) is 163 Å². The van der Waals surface area contributed by atoms with E-state index >= 15 is 0 Å². The summed E-state index contributed by atoms with van der Waals surface area (Å²) in [5.41, 5.74) is -0.531. The predicted molar refractivity (Wildman–Crippen MR) is 193 cm³/mol. The number of hydrogen-bond acceptors (Lipinski definition) is 9. The average molecular weight is 731 g/mol. The molecule has 5 unspecified atom stereocenters. The van der Waals surface area contributed by atoms with Gasteiger partial charge in [0, 0.05) is 91.1 Å². The molecule has 0 saturated heterocycles. The summed E-state index contributed by atoms with van der Waals surface area (Å²) in [5, 5.41) is 17.4. The second-order valence-electron chi connectivity index (χ2n) is 13.4. The van der Waals surface area contributed by atoms with Gasteiger partial charge in [-0.05, 0) is 83.6 Å². The summed E-state index contributed by atoms with van der Waals surface area (Å²) < 4.78 is 42.2. The van der Waals surface area contributed by atoms with Crippen molar-refractivity contribution in [1.82, 2.24) is 51.5 Å². The van der Waals surface area contributed by atoms with Gasteiger partial charge in [-0.3, -0.25) is 4.79 Å². The van der Waals surface area contributed by atoms with Gasteiger partial charge in [0.15, 0.2) is 0 Å². The first-order valence-electron chi connectivity index (χ1n) is 16.7. The van der Waals surface area contributed by atoms with Crippen LogP contribution in [0.25, 0.3) is 0 Å². The lowest BCUT2D eigenvalue weighted by atomic mass is 10.2. The Bertz CT molecular complexity index is 972. The van der Waals surface area contributed by atoms with Crippen LogP contribution in [0, 0.1) is 0 Å². The zero-order valence-corrected chi connectivity index (χ0v) is 33.4. The van der Waals surface area contributed by atoms with E-state index in [0.29, 0.717) is 24.0 Å². The van der Waals surface area contributed by atoms with Crippen LogP contribution in [0.5, 0.6) is 0 Å². The number of amides is 6. The van der Waals surface area contributed by atoms with E-state index in [0.717, 1.165) is 20.1 Å². The average Bonchev–Trinajstić information content (AvgIpc) is 3.03. The molecule has 50 heavy (non-hydrogen) atoms. The Kier molecular flexibility index (Phi) is 26.5. The standard InChI is InChI=1S/C15H32N4O3.C12H23F3N4O2.C5H14N2/c1-11(9-16-6)18(7)13(20)17-10-12(2)19(8)14(21)22-15(3,4)5;1-8(6-16-3)19(5)11(21)17-7-9(2)18(4)10(20)12(13,14)15;1-5(7-3)4-6-2/h11-12,16H,9-10H2,1-8H3,(H,17,20);8-9,16H,6-7H2,1-5H3,(H,17,21);5-7H,4H2,1-3H3. The molecule has 0 saturated carbocycles. The number of nitrogens with one attached hydrogen (secondary N) is 6. The maximum atomic E-state index is 12.3. The van der Waals surface area contributed by atoms with Gasteiger partial charge in [0.2, 0.25) is 0 Å². The lowest BCUT2D eigenvalue weighted by Crippen LogP contribution is -2.51. The molecule has 0 aromatic rings. The van der Waals surface area contributed by atoms with E-state index in [4.69, 9.17) is 4.74 Å². The Labute approximate surface area is 299 Å². The van der Waals surface area contributed by atoms with Gasteiger partial charge in [-0.25, -0.2) is 14.4 Å². The van der Waals surface area contributed by atoms with Gasteiger partial charge < -0.3 is 56.2 Å². The minimum atomic E-state index is -4.91. The van der Waals surface area contributed by atoms with Crippen molar-refractivity contribution in [1.29, 1.82) is 0 Å². The summed E-state index contributed by atoms with van der Waals surface area (Å²) >= 11 is 0. The largest absolute Gasteiger partial charge is 0.471 e. The van der Waals surface area contributed by atoms with Crippen LogP contribution in [0.3, 0.4) is 0 Å². The molecule has 0 radical (unpaired) electrons. The summed E-state index contributed by atoms with van der Waals surface area (Å²) in [6, 6.07) is -0.888. The minimum Gasteiger partial charge on any atom is -0.444 e. The number of carbonyl (C=O) groups excluding carboxylic acids is 4. The Morgan fingerprint density at radius 2 is 0.920 bits per heavy atom. The fourth-order valence-corrected chi connectivity index (χ4v) is 3.58. The highest BCUT2D eigenvalue weighted by Crippen LogP contribution is 2.18. The van der Waals surface area contributed by atoms with Crippen LogP contribution in [-0.4, -0.2) is 175 Å². The molecule has 5 atom stereocenters. The lowest BCUT2D eigenvalue weighted by molar-refractivity contribution is -0.185. The molecule has 298 valence electrons. The number of halogens is 3. The maximum Gasteiger partial charge on any atom is 0.471 e. The van der Waals surface area contributed by atoms with Gasteiger partial charge >= 0.3 is 30.2 Å². The van der Waals surface area contributed by atoms with Crippen LogP contribution < -0.4 is 31.9 Å². The van der Waals surface area contributed by atoms with Crippen molar-refractivity contribution < 1.29 is 37.1 Å². The molecule has 0 aliphatic heterocycles. The van der Waals surface area contributed by atoms with Crippen LogP contribution in [-0.2, 0) is 9.53 Å². The van der Waals surface area contributed by atoms with E-state index in [1.54, 1.807) is 33.1 Å². The van der Waals surface area contributed by atoms with Crippen LogP contribution in [0.2, 0.25) is 0 Å². The number of carbonyl (C=O) groups is 4. The van der Waals surface area contributed by atoms with E-state index in [1.165, 1.54) is 16.7 Å². The predicted octanol–water partition coefficient (Wildman–Crippen LogP) is 1.95. The number of alkyl halides is 3. The van der Waals surface area contributed by atoms with Gasteiger partial charge in [-0.2, -0.15) is 13.2 Å². The van der Waals surface area contributed by atoms with E-state index < -0.39 is 35.9 Å². The zero-order chi connectivity index (χ0) is 40.0. The molecule has 18 heteroatoms. The smallest absolute Gasteiger partial charge is 0.444 e. The number of likely N-dealkylation sites (N-methyl/N-ethyl adjacent to an activating group) is 8. The molecular weight excluding hydrogens is 661 g/mol. The highest BCUT2D eigenvalue weighted by Gasteiger charge is 2.42. The van der Waals surface area contributed by atoms with E-state index in [1.807, 2.05) is 62.7 Å². The summed E-state index contributed by atoms with van der Waals surface area (Å²) in [6.07, 6.45) is -5.31. The molecule has 0 fully saturated rings. The van der Waals surface area contributed by atoms with Gasteiger partial charge in [-0.1, -0.05) is 0 Å². The molecule has 0 spiro atoms. The number of nitrogens with zero attached hydrogens (tertiary/aromatic N) is 4. The van der Waals surface area contributed by atoms with Crippen molar-refractivity contribution in [2.24, 2.45) is 0 Å². The molecule has 0 heterocycles. The molecule has 0 aromatic carbocycles. The second kappa shape index (κ2) is 25.8. The molecule has 0 aliphatic rings. The highest BCUT2D eigenvalue weighted by atomic mass is 19.4. The third-order valence-electron chi connectivity index (χ3n) is 7.63. The molecule has 6 amide bonds. The van der Waals surface area contributed by atoms with Crippen LogP contribution in [0.15, 0.2) is 0 Å². The fourth-order valence-electron chi connectivity index (χ4n) is 3.58. The first kappa shape index (κ1) is 51.3. The van der Waals surface area contributed by atoms with E-state index in [-0.39, 0.29) is 30.7 Å². The molecule has 6 N–H and O–H groups in total. The highest BCUT2D eigenvalue weighted by molar-refractivity contribution is 5.82. The first-order chi connectivity index (χ1) is 22.8. The quantitative estimate of drug-likeness (QED) is 0.148. The number of urea groups is 2. The maximum absolute atomic E-state index is 12.3. The second-order valence-corrected chi connectivity index (χ2v) is 13.4. The Morgan fingerprint density at radius 1 is 0.580 bits per heavy atom. The minimum absolute atomic E-state index is 0.0617. The molecule has 0 aliphatic carbocycles. The third kappa shape index (κ3) is 23.3. The van der Waals surface area contributed by atoms with E-state index in [9.17, 15) is 32.3 Å². The normalized spacial score (nSPS) is 14.1. The molecule has 0 aromatic heterocycles. The van der Waals surface area contributed by atoms with Gasteiger partial charge in [0.05, 0.1) is 0 Å². The molecular formula is C32H69F3N10O5. The summed E-state index contributed by atoms with van der Waals surface area (Å²) in [6.45, 7) is 17.3. The van der Waals surface area contributed by atoms with Crippen LogP contribution in [0.1, 0.15) is 55.4 Å². The van der Waals surface area contributed by atoms with Crippen molar-refractivity contribution in [2.75, 3.05) is 89.1 Å². The molecule has 15 nitrogen and oxygen atoms in total. The Balaban J connectivity index is -0.000000742. The SMILES string of the molecule is CNCC(C)N(C)C(=O)NCC(C)N(C)C(=O)C(F)(F)F.CNCC(C)N(C)C(=O)NCC(C)N(C)C(=O)OC(C)(C)C.CNCC(C)NC. The van der Waals surface area contributed by atoms with Crippen LogP contribution >= 0.6 is 0 Å². The number of rotatable bonds is 15. The monoisotopic (exact) mass is 731 g/mol. The number of ether oxygens (including phenoxy) is 1. The van der Waals surface area contributed by atoms with Gasteiger partial charge in [-0.15, -0.1) is 0 Å². The van der Waals surface area contributed by atoms with Crippen molar-refractivity contribution in [3.8, 4) is 0 Å². The Hall–Kier alpha value is -3.09. The lowest BCUT2D eigenvalue weighted by Gasteiger charge is -2.30. The fraction of sp³-hybridized carbons (Fsp3) is 0.875. The van der Waals surface area contributed by atoms with Crippen molar-refractivity contribution >= 4 is 24.1 Å². The molecule has 0 bridgehead atoms. The summed E-state index contributed by atoms with van der Waals surface area (Å²) in [4.78, 5) is 52.0. The summed E-state index contributed by atoms with van der Waals surface area (Å²) in [5.74, 6) is -1.93. The van der Waals surface area contributed by atoms with Crippen molar-refractivity contribution in [2.45, 2.75) is 97.4 Å². The van der Waals surface area contributed by atoms with Gasteiger partial charge in [0.25, 0.3) is 0 Å². The van der Waals surface area contributed by atoms with Crippen molar-refractivity contribution in [3.05, 3.63) is 0 Å². The first-order valence-corrected chi connectivity index (χ1v) is 16.7. The number of hydrogen-bond donors (Lipinski definition) is 6. The van der Waals surface area contributed by atoms with Gasteiger partial charge in [0.1, 0.15) is 5.60 Å². The molecule has 0 rings (SSSR count). The van der Waals surface area contributed by atoms with Crippen molar-refractivity contribution in [3.63, 3.8) is 0 Å². The van der Waals surface area contributed by atoms with Crippen LogP contribution in [0.4, 0.5) is 27.6 Å². The zero-order valence-electron chi connectivity index (χ0n) is 33.4. The Morgan fingerprint density at radius 3 is 1.20 bits per heavy atom. The van der Waals surface area contributed by atoms with E-state index in [2.05, 4.69) is 38.8 Å². The summed E-state index contributed by atoms with van der Waals surface area (Å²) in [7, 11) is 13.6. The third-order valence-corrected chi connectivity index (χ3v) is 7.63.